The molecule has 0 aromatic rings. The van der Waals surface area contributed by atoms with Gasteiger partial charge < -0.3 is 218 Å². The van der Waals surface area contributed by atoms with Gasteiger partial charge in [-0.05, 0) is 6.42 Å². The summed E-state index contributed by atoms with van der Waals surface area (Å²) in [6.07, 6.45) is 1.02. The molecule has 0 radical (unpaired) electrons. The molecule has 42 heteroatoms. The molecule has 0 amide bonds. The quantitative estimate of drug-likeness (QED) is 0.122. The van der Waals surface area contributed by atoms with E-state index in [1.165, 1.54) is 0 Å². The minimum atomic E-state index is -0.711. The molecule has 0 aromatic carbocycles. The third kappa shape index (κ3) is 122. The molecule has 756 valence electrons. The highest BCUT2D eigenvalue weighted by Crippen LogP contribution is 1.83. The van der Waals surface area contributed by atoms with Crippen molar-refractivity contribution >= 4 is 5.97 Å². The number of carboxylic acid groups (broad SMARTS) is 1. The lowest BCUT2D eigenvalue weighted by Crippen LogP contribution is -2.39. The van der Waals surface area contributed by atoms with E-state index >= 15 is 0 Å². The van der Waals surface area contributed by atoms with Crippen LogP contribution in [0, 0.1) is 0 Å². The first-order valence-electron chi connectivity index (χ1n) is 50.3. The topological polar surface area (TPSA) is 518 Å². The molecule has 126 heavy (non-hydrogen) atoms. The van der Waals surface area contributed by atoms with Gasteiger partial charge in [-0.2, -0.15) is 0 Å². The first-order chi connectivity index (χ1) is 62.8. The molecule has 0 bridgehead atoms. The fourth-order valence-electron chi connectivity index (χ4n) is 12.3. The number of carbonyl (C=O) groups is 1. The van der Waals surface area contributed by atoms with Crippen LogP contribution in [0.1, 0.15) is 19.8 Å². The minimum absolute atomic E-state index is 0.292. The highest BCUT2D eigenvalue weighted by Gasteiger charge is 2.03. The summed E-state index contributed by atoms with van der Waals surface area (Å²) in [4.78, 5) is 9.60. The fourth-order valence-corrected chi connectivity index (χ4v) is 12.3. The molecule has 0 atom stereocenters. The largest absolute Gasteiger partial charge is 0.481 e. The second-order valence-corrected chi connectivity index (χ2v) is 31.1. The number of hydrogen-bond donors (Lipinski definition) is 41. The van der Waals surface area contributed by atoms with Crippen LogP contribution in [0.2, 0.25) is 0 Å². The van der Waals surface area contributed by atoms with Crippen molar-refractivity contribution in [3.63, 3.8) is 0 Å². The van der Waals surface area contributed by atoms with Gasteiger partial charge in [-0.25, -0.2) is 0 Å². The van der Waals surface area contributed by atoms with Crippen molar-refractivity contribution in [2.75, 3.05) is 524 Å². The van der Waals surface area contributed by atoms with E-state index in [0.717, 1.165) is 530 Å². The molecular weight excluding hydrogens is 1600 g/mol. The number of hydrogen-bond acceptors (Lipinski definition) is 41. The summed E-state index contributed by atoms with van der Waals surface area (Å²) in [5, 5.41) is 142. The molecule has 10 aliphatic heterocycles. The maximum Gasteiger partial charge on any atom is 0.303 e. The Morgan fingerprint density at radius 2 is 0.159 bits per heavy atom. The zero-order valence-electron chi connectivity index (χ0n) is 80.3. The maximum atomic E-state index is 9.60. The lowest BCUT2D eigenvalue weighted by molar-refractivity contribution is -0.137. The molecule has 41 N–H and O–H groups in total. The normalized spacial score (nSPS) is 23.2. The van der Waals surface area contributed by atoms with E-state index in [1.807, 2.05) is 6.92 Å². The van der Waals surface area contributed by atoms with Crippen molar-refractivity contribution in [3.05, 3.63) is 0 Å². The summed E-state index contributed by atoms with van der Waals surface area (Å²) in [5.74, 6) is -0.711. The van der Waals surface area contributed by atoms with Crippen LogP contribution >= 0.6 is 0 Å². The summed E-state index contributed by atoms with van der Waals surface area (Å²) >= 11 is 0. The SMILES string of the molecule is C1CNCCNCCNCCN1.C1CNCCNCCNCCN1.C1CNCCNCCNCCN1.C1CNCCNCCNCCN1.C1CNCCNCCNCCN1.C1CNCCNCCNCCN1.C1CNCCNCCNCCN1.C1CNCCNCCNCCN1.C1CNCCNCCNCCN1.C1CNCCNCCNCCN1.CCCC(=O)O. The van der Waals surface area contributed by atoms with Gasteiger partial charge in [0.2, 0.25) is 0 Å². The Hall–Kier alpha value is -2.13. The molecule has 0 spiro atoms. The zero-order chi connectivity index (χ0) is 89.8. The Morgan fingerprint density at radius 3 is 0.175 bits per heavy atom. The van der Waals surface area contributed by atoms with Crippen molar-refractivity contribution in [2.24, 2.45) is 0 Å². The molecule has 0 aliphatic carbocycles. The summed E-state index contributed by atoms with van der Waals surface area (Å²) in [6.45, 7) is 87.5. The van der Waals surface area contributed by atoms with Gasteiger partial charge in [-0.1, -0.05) is 6.92 Å². The van der Waals surface area contributed by atoms with Crippen LogP contribution in [-0.4, -0.2) is 535 Å². The molecule has 10 rings (SSSR count). The number of carboxylic acids is 1. The molecule has 42 nitrogen and oxygen atoms in total. The van der Waals surface area contributed by atoms with Crippen molar-refractivity contribution in [1.29, 1.82) is 0 Å². The highest BCUT2D eigenvalue weighted by molar-refractivity contribution is 5.66. The van der Waals surface area contributed by atoms with Crippen LogP contribution in [0.15, 0.2) is 0 Å². The molecule has 10 saturated heterocycles. The zero-order valence-corrected chi connectivity index (χ0v) is 80.3. The van der Waals surface area contributed by atoms with E-state index in [0.29, 0.717) is 6.42 Å². The fraction of sp³-hybridized carbons (Fsp3) is 0.988. The Morgan fingerprint density at radius 1 is 0.119 bits per heavy atom. The molecular formula is C84H208N40O2. The van der Waals surface area contributed by atoms with Gasteiger partial charge in [0, 0.05) is 530 Å². The Bertz CT molecular complexity index is 1090. The smallest absolute Gasteiger partial charge is 0.303 e. The van der Waals surface area contributed by atoms with Crippen molar-refractivity contribution in [1.82, 2.24) is 213 Å². The van der Waals surface area contributed by atoms with Crippen LogP contribution in [0.4, 0.5) is 0 Å². The molecule has 0 unspecified atom stereocenters. The summed E-state index contributed by atoms with van der Waals surface area (Å²) in [7, 11) is 0. The second-order valence-electron chi connectivity index (χ2n) is 31.1. The van der Waals surface area contributed by atoms with Gasteiger partial charge >= 0.3 is 5.97 Å². The second kappa shape index (κ2) is 121. The van der Waals surface area contributed by atoms with Crippen molar-refractivity contribution < 1.29 is 9.90 Å². The van der Waals surface area contributed by atoms with E-state index in [2.05, 4.69) is 213 Å². The number of aliphatic carboxylic acids is 1. The van der Waals surface area contributed by atoms with E-state index in [-0.39, 0.29) is 0 Å². The van der Waals surface area contributed by atoms with Crippen LogP contribution in [-0.2, 0) is 4.79 Å². The molecule has 0 aromatic heterocycles. The molecule has 10 aliphatic rings. The molecule has 10 fully saturated rings. The highest BCUT2D eigenvalue weighted by atomic mass is 16.4. The molecule has 0 saturated carbocycles. The van der Waals surface area contributed by atoms with Gasteiger partial charge in [0.25, 0.3) is 0 Å². The predicted octanol–water partition coefficient (Wildman–Crippen LogP) is -15.5. The van der Waals surface area contributed by atoms with Gasteiger partial charge in [0.15, 0.2) is 0 Å². The van der Waals surface area contributed by atoms with Gasteiger partial charge in [-0.15, -0.1) is 0 Å². The molecule has 10 heterocycles. The third-order valence-electron chi connectivity index (χ3n) is 19.6. The first kappa shape index (κ1) is 124. The number of nitrogens with one attached hydrogen (secondary N) is 40. The van der Waals surface area contributed by atoms with Crippen LogP contribution in [0.5, 0.6) is 0 Å². The van der Waals surface area contributed by atoms with E-state index in [1.54, 1.807) is 0 Å². The maximum absolute atomic E-state index is 9.60. The first-order valence-corrected chi connectivity index (χ1v) is 50.3. The summed E-state index contributed by atoms with van der Waals surface area (Å²) < 4.78 is 0. The predicted molar refractivity (Wildman–Crippen MR) is 537 cm³/mol. The van der Waals surface area contributed by atoms with E-state index in [9.17, 15) is 4.79 Å². The van der Waals surface area contributed by atoms with E-state index in [4.69, 9.17) is 5.11 Å². The van der Waals surface area contributed by atoms with Gasteiger partial charge in [0.1, 0.15) is 0 Å². The lowest BCUT2D eigenvalue weighted by atomic mass is 10.4. The average Bonchev–Trinajstić information content (AvgIpc) is 1.19. The standard InChI is InChI=1S/10C8H20N4.C4H8O2/c10*1-2-10-5-6-12-8-7-11-4-3-9-1;1-2-3-4(5)6/h10*9-12H,1-8H2;2-3H2,1H3,(H,5,6). The Labute approximate surface area is 768 Å². The summed E-state index contributed by atoms with van der Waals surface area (Å²) in [5.41, 5.74) is 0. The van der Waals surface area contributed by atoms with Crippen molar-refractivity contribution in [2.45, 2.75) is 19.8 Å². The lowest BCUT2D eigenvalue weighted by Gasteiger charge is -2.11. The van der Waals surface area contributed by atoms with E-state index < -0.39 is 5.97 Å². The summed E-state index contributed by atoms with van der Waals surface area (Å²) in [6, 6.07) is 0. The number of rotatable bonds is 2. The Balaban J connectivity index is 0.00000137. The van der Waals surface area contributed by atoms with Crippen LogP contribution < -0.4 is 213 Å². The van der Waals surface area contributed by atoms with Gasteiger partial charge in [0.05, 0.1) is 0 Å². The Kier molecular flexibility index (Phi) is 119. The minimum Gasteiger partial charge on any atom is -0.481 e. The monoisotopic (exact) mass is 1810 g/mol. The van der Waals surface area contributed by atoms with Crippen LogP contribution in [0.25, 0.3) is 0 Å². The van der Waals surface area contributed by atoms with Gasteiger partial charge in [-0.3, -0.25) is 4.79 Å². The average molecular weight is 1810 g/mol. The van der Waals surface area contributed by atoms with Crippen molar-refractivity contribution in [3.8, 4) is 0 Å². The third-order valence-corrected chi connectivity index (χ3v) is 19.6. The van der Waals surface area contributed by atoms with Crippen LogP contribution in [0.3, 0.4) is 0 Å².